The predicted octanol–water partition coefficient (Wildman–Crippen LogP) is 1.71. The minimum Gasteiger partial charge on any atom is -0.370 e. The van der Waals surface area contributed by atoms with Crippen molar-refractivity contribution < 1.29 is 0 Å². The number of nitrogens with two attached hydrogens (primary N) is 1. The van der Waals surface area contributed by atoms with Gasteiger partial charge in [-0.3, -0.25) is 4.79 Å². The van der Waals surface area contributed by atoms with E-state index in [2.05, 4.69) is 31.7 Å². The van der Waals surface area contributed by atoms with Crippen LogP contribution in [0.4, 0.5) is 5.69 Å². The molecule has 0 unspecified atom stereocenters. The Kier molecular flexibility index (Phi) is 5.53. The van der Waals surface area contributed by atoms with Crippen LogP contribution < -0.4 is 16.2 Å². The number of hydrogen-bond donors (Lipinski definition) is 1. The summed E-state index contributed by atoms with van der Waals surface area (Å²) < 4.78 is 3.52. The molecule has 1 aliphatic heterocycles. The average Bonchev–Trinajstić information content (AvgIpc) is 3.17. The van der Waals surface area contributed by atoms with Crippen LogP contribution in [-0.2, 0) is 13.1 Å². The third-order valence-corrected chi connectivity index (χ3v) is 5.46. The predicted molar refractivity (Wildman–Crippen MR) is 109 cm³/mol. The number of rotatable bonds is 6. The molecule has 2 N–H and O–H groups in total. The highest BCUT2D eigenvalue weighted by molar-refractivity contribution is 5.43. The monoisotopic (exact) mass is 378 g/mol. The minimum atomic E-state index is -0.104. The topological polar surface area (TPSA) is 82.0 Å². The zero-order valence-corrected chi connectivity index (χ0v) is 15.9. The van der Waals surface area contributed by atoms with Crippen molar-refractivity contribution in [1.29, 1.82) is 0 Å². The van der Waals surface area contributed by atoms with Crippen molar-refractivity contribution in [3.05, 3.63) is 76.7 Å². The highest BCUT2D eigenvalue weighted by Crippen LogP contribution is 2.21. The number of anilines is 1. The molecule has 0 bridgehead atoms. The Bertz CT molecular complexity index is 956. The Hall–Kier alpha value is -2.93. The van der Waals surface area contributed by atoms with Gasteiger partial charge in [0, 0.05) is 38.1 Å². The van der Waals surface area contributed by atoms with Crippen LogP contribution in [0.1, 0.15) is 24.2 Å². The van der Waals surface area contributed by atoms with Crippen molar-refractivity contribution in [2.24, 2.45) is 11.7 Å². The van der Waals surface area contributed by atoms with Crippen LogP contribution in [0, 0.1) is 5.92 Å². The normalized spacial score (nSPS) is 15.1. The molecule has 1 aliphatic rings. The summed E-state index contributed by atoms with van der Waals surface area (Å²) in [6.07, 6.45) is 7.62. The van der Waals surface area contributed by atoms with Gasteiger partial charge in [-0.1, -0.05) is 30.3 Å². The van der Waals surface area contributed by atoms with Gasteiger partial charge in [0.1, 0.15) is 12.4 Å². The number of nitrogens with zero attached hydrogens (tertiary/aromatic N) is 5. The fourth-order valence-corrected chi connectivity index (χ4v) is 3.69. The molecule has 146 valence electrons. The second-order valence-corrected chi connectivity index (χ2v) is 7.33. The first-order valence-electron chi connectivity index (χ1n) is 9.79. The van der Waals surface area contributed by atoms with Crippen molar-refractivity contribution in [2.75, 3.05) is 24.5 Å². The first-order valence-corrected chi connectivity index (χ1v) is 9.79. The number of piperidine rings is 1. The van der Waals surface area contributed by atoms with Gasteiger partial charge < -0.3 is 15.2 Å². The second-order valence-electron chi connectivity index (χ2n) is 7.33. The van der Waals surface area contributed by atoms with Crippen molar-refractivity contribution in [3.63, 3.8) is 0 Å². The summed E-state index contributed by atoms with van der Waals surface area (Å²) in [5.74, 6) is 1.41. The third kappa shape index (κ3) is 4.14. The molecular weight excluding hydrogens is 352 g/mol. The van der Waals surface area contributed by atoms with Crippen molar-refractivity contribution in [3.8, 4) is 0 Å². The Balaban J connectivity index is 1.46. The van der Waals surface area contributed by atoms with Gasteiger partial charge in [-0.05, 0) is 30.9 Å². The lowest BCUT2D eigenvalue weighted by Gasteiger charge is -2.32. The molecular formula is C21H26N6O. The van der Waals surface area contributed by atoms with E-state index in [4.69, 9.17) is 5.73 Å². The summed E-state index contributed by atoms with van der Waals surface area (Å²) in [6.45, 7) is 3.67. The first-order chi connectivity index (χ1) is 13.7. The van der Waals surface area contributed by atoms with Crippen LogP contribution in [0.25, 0.3) is 0 Å². The quantitative estimate of drug-likeness (QED) is 0.706. The molecule has 0 saturated carbocycles. The SMILES string of the molecule is NCC1CCN(c2cnn(Cc3nccn3Cc3ccccc3)c(=O)c2)CC1. The maximum atomic E-state index is 12.6. The van der Waals surface area contributed by atoms with E-state index in [1.807, 2.05) is 24.4 Å². The molecule has 1 saturated heterocycles. The van der Waals surface area contributed by atoms with Crippen LogP contribution >= 0.6 is 0 Å². The molecule has 1 fully saturated rings. The van der Waals surface area contributed by atoms with E-state index in [9.17, 15) is 4.79 Å². The molecule has 3 heterocycles. The molecule has 0 spiro atoms. The highest BCUT2D eigenvalue weighted by Gasteiger charge is 2.19. The molecule has 7 nitrogen and oxygen atoms in total. The number of imidazole rings is 1. The largest absolute Gasteiger partial charge is 0.370 e. The molecule has 0 aliphatic carbocycles. The van der Waals surface area contributed by atoms with Crippen LogP contribution in [0.5, 0.6) is 0 Å². The molecule has 2 aromatic heterocycles. The summed E-state index contributed by atoms with van der Waals surface area (Å²) in [5, 5.41) is 4.40. The molecule has 3 aromatic rings. The number of hydrogen-bond acceptors (Lipinski definition) is 5. The van der Waals surface area contributed by atoms with E-state index in [0.717, 1.165) is 50.5 Å². The number of benzene rings is 1. The molecule has 0 radical (unpaired) electrons. The standard InChI is InChI=1S/C21H26N6O/c22-13-17-6-9-25(10-7-17)19-12-21(28)27(24-14-19)16-20-23-8-11-26(20)15-18-4-2-1-3-5-18/h1-5,8,11-12,14,17H,6-7,9-10,13,15-16,22H2. The maximum Gasteiger partial charge on any atom is 0.269 e. The van der Waals surface area contributed by atoms with E-state index in [0.29, 0.717) is 12.5 Å². The molecule has 0 amide bonds. The fourth-order valence-electron chi connectivity index (χ4n) is 3.69. The zero-order valence-electron chi connectivity index (χ0n) is 15.9. The van der Waals surface area contributed by atoms with E-state index in [1.54, 1.807) is 18.5 Å². The summed E-state index contributed by atoms with van der Waals surface area (Å²) >= 11 is 0. The van der Waals surface area contributed by atoms with E-state index in [1.165, 1.54) is 10.2 Å². The summed E-state index contributed by atoms with van der Waals surface area (Å²) in [5.41, 5.74) is 7.75. The van der Waals surface area contributed by atoms with Crippen LogP contribution in [0.2, 0.25) is 0 Å². The minimum absolute atomic E-state index is 0.104. The van der Waals surface area contributed by atoms with Crippen LogP contribution in [0.15, 0.2) is 59.8 Å². The zero-order chi connectivity index (χ0) is 19.3. The summed E-state index contributed by atoms with van der Waals surface area (Å²) in [4.78, 5) is 19.3. The van der Waals surface area contributed by atoms with Gasteiger partial charge >= 0.3 is 0 Å². The Labute approximate surface area is 164 Å². The van der Waals surface area contributed by atoms with Gasteiger partial charge in [-0.2, -0.15) is 5.10 Å². The average molecular weight is 378 g/mol. The lowest BCUT2D eigenvalue weighted by atomic mass is 9.97. The Morgan fingerprint density at radius 1 is 1.11 bits per heavy atom. The molecule has 7 heteroatoms. The van der Waals surface area contributed by atoms with Crippen LogP contribution in [0.3, 0.4) is 0 Å². The van der Waals surface area contributed by atoms with E-state index in [-0.39, 0.29) is 5.56 Å². The Morgan fingerprint density at radius 2 is 1.89 bits per heavy atom. The first kappa shape index (κ1) is 18.4. The maximum absolute atomic E-state index is 12.6. The molecule has 4 rings (SSSR count). The Morgan fingerprint density at radius 3 is 2.61 bits per heavy atom. The smallest absolute Gasteiger partial charge is 0.269 e. The molecule has 0 atom stereocenters. The molecule has 28 heavy (non-hydrogen) atoms. The third-order valence-electron chi connectivity index (χ3n) is 5.46. The summed E-state index contributed by atoms with van der Waals surface area (Å²) in [7, 11) is 0. The van der Waals surface area contributed by atoms with Crippen molar-refractivity contribution >= 4 is 5.69 Å². The van der Waals surface area contributed by atoms with Gasteiger partial charge in [0.2, 0.25) is 0 Å². The van der Waals surface area contributed by atoms with Gasteiger partial charge in [0.05, 0.1) is 11.9 Å². The van der Waals surface area contributed by atoms with Crippen molar-refractivity contribution in [1.82, 2.24) is 19.3 Å². The van der Waals surface area contributed by atoms with E-state index < -0.39 is 0 Å². The van der Waals surface area contributed by atoms with Gasteiger partial charge in [-0.25, -0.2) is 9.67 Å². The summed E-state index contributed by atoms with van der Waals surface area (Å²) in [6, 6.07) is 11.9. The van der Waals surface area contributed by atoms with E-state index >= 15 is 0 Å². The fraction of sp³-hybridized carbons (Fsp3) is 0.381. The highest BCUT2D eigenvalue weighted by atomic mass is 16.1. The second kappa shape index (κ2) is 8.39. The van der Waals surface area contributed by atoms with Crippen molar-refractivity contribution in [2.45, 2.75) is 25.9 Å². The lowest BCUT2D eigenvalue weighted by molar-refractivity contribution is 0.414. The van der Waals surface area contributed by atoms with Gasteiger partial charge in [-0.15, -0.1) is 0 Å². The lowest BCUT2D eigenvalue weighted by Crippen LogP contribution is -2.37. The number of aromatic nitrogens is 4. The van der Waals surface area contributed by atoms with Gasteiger partial charge in [0.25, 0.3) is 5.56 Å². The molecule has 1 aromatic carbocycles. The van der Waals surface area contributed by atoms with Crippen LogP contribution in [-0.4, -0.2) is 39.0 Å². The van der Waals surface area contributed by atoms with Gasteiger partial charge in [0.15, 0.2) is 0 Å².